The molecular weight excluding hydrogens is 196 g/mol. The highest BCUT2D eigenvalue weighted by molar-refractivity contribution is 8.00. The average molecular weight is 210 g/mol. The van der Waals surface area contributed by atoms with Gasteiger partial charge in [0.25, 0.3) is 0 Å². The van der Waals surface area contributed by atoms with Crippen LogP contribution in [0.25, 0.3) is 0 Å². The summed E-state index contributed by atoms with van der Waals surface area (Å²) in [5.74, 6) is 0.564. The monoisotopic (exact) mass is 210 g/mol. The molecule has 0 heterocycles. The average Bonchev–Trinajstić information content (AvgIpc) is 2.14. The van der Waals surface area contributed by atoms with Gasteiger partial charge in [0, 0.05) is 24.7 Å². The summed E-state index contributed by atoms with van der Waals surface area (Å²) in [6, 6.07) is 7.53. The molecule has 3 nitrogen and oxygen atoms in total. The van der Waals surface area contributed by atoms with Gasteiger partial charge in [-0.25, -0.2) is 0 Å². The van der Waals surface area contributed by atoms with Crippen molar-refractivity contribution in [3.05, 3.63) is 24.3 Å². The predicted molar refractivity (Wildman–Crippen MR) is 60.3 cm³/mol. The number of nitrogens with two attached hydrogens (primary N) is 1. The van der Waals surface area contributed by atoms with Gasteiger partial charge in [-0.05, 0) is 18.2 Å². The number of carbonyl (C=O) groups is 1. The highest BCUT2D eigenvalue weighted by Crippen LogP contribution is 2.19. The zero-order valence-corrected chi connectivity index (χ0v) is 9.17. The van der Waals surface area contributed by atoms with E-state index in [0.717, 1.165) is 10.6 Å². The molecule has 76 valence electrons. The van der Waals surface area contributed by atoms with Crippen molar-refractivity contribution >= 4 is 23.4 Å². The Morgan fingerprint density at radius 1 is 1.50 bits per heavy atom. The first-order valence-electron chi connectivity index (χ1n) is 4.28. The van der Waals surface area contributed by atoms with Gasteiger partial charge >= 0.3 is 0 Å². The zero-order chi connectivity index (χ0) is 10.6. The van der Waals surface area contributed by atoms with Crippen LogP contribution in [0.3, 0.4) is 0 Å². The molecule has 0 aromatic heterocycles. The fraction of sp³-hybridized carbons (Fsp3) is 0.300. The van der Waals surface area contributed by atoms with Gasteiger partial charge in [0.2, 0.25) is 5.91 Å². The molecule has 0 radical (unpaired) electrons. The number of carbonyl (C=O) groups excluding carboxylic acids is 1. The molecule has 1 aromatic rings. The van der Waals surface area contributed by atoms with Crippen LogP contribution in [0.15, 0.2) is 29.2 Å². The van der Waals surface area contributed by atoms with E-state index in [9.17, 15) is 4.79 Å². The predicted octanol–water partition coefficient (Wildman–Crippen LogP) is 1.45. The third kappa shape index (κ3) is 3.30. The van der Waals surface area contributed by atoms with E-state index in [1.807, 2.05) is 24.3 Å². The van der Waals surface area contributed by atoms with E-state index in [-0.39, 0.29) is 5.91 Å². The lowest BCUT2D eigenvalue weighted by Crippen LogP contribution is -2.23. The molecule has 0 spiro atoms. The summed E-state index contributed by atoms with van der Waals surface area (Å²) in [6.45, 7) is 0. The molecule has 1 rings (SSSR count). The van der Waals surface area contributed by atoms with Gasteiger partial charge in [-0.3, -0.25) is 4.79 Å². The van der Waals surface area contributed by atoms with Gasteiger partial charge in [-0.15, -0.1) is 11.8 Å². The summed E-state index contributed by atoms with van der Waals surface area (Å²) in [5, 5.41) is 0. The zero-order valence-electron chi connectivity index (χ0n) is 8.36. The number of nitrogens with zero attached hydrogens (tertiary/aromatic N) is 1. The Morgan fingerprint density at radius 3 is 2.79 bits per heavy atom. The highest BCUT2D eigenvalue weighted by Gasteiger charge is 2.04. The number of hydrogen-bond acceptors (Lipinski definition) is 3. The van der Waals surface area contributed by atoms with E-state index in [2.05, 4.69) is 0 Å². The van der Waals surface area contributed by atoms with E-state index in [1.54, 1.807) is 19.0 Å². The molecule has 0 fully saturated rings. The van der Waals surface area contributed by atoms with Crippen LogP contribution in [0.5, 0.6) is 0 Å². The Balaban J connectivity index is 2.50. The molecule has 0 aliphatic heterocycles. The molecule has 0 atom stereocenters. The van der Waals surface area contributed by atoms with Gasteiger partial charge in [0.05, 0.1) is 5.75 Å². The largest absolute Gasteiger partial charge is 0.399 e. The van der Waals surface area contributed by atoms with E-state index in [1.165, 1.54) is 11.8 Å². The van der Waals surface area contributed by atoms with Crippen molar-refractivity contribution in [1.82, 2.24) is 4.90 Å². The van der Waals surface area contributed by atoms with Crippen LogP contribution in [0.2, 0.25) is 0 Å². The minimum absolute atomic E-state index is 0.109. The molecule has 1 aromatic carbocycles. The van der Waals surface area contributed by atoms with Gasteiger partial charge in [-0.1, -0.05) is 6.07 Å². The standard InChI is InChI=1S/C10H14N2OS/c1-12(2)10(13)7-14-9-5-3-4-8(11)6-9/h3-6H,7,11H2,1-2H3. The lowest BCUT2D eigenvalue weighted by atomic mass is 10.3. The number of amides is 1. The third-order valence-electron chi connectivity index (χ3n) is 1.72. The number of benzene rings is 1. The molecule has 0 aliphatic carbocycles. The van der Waals surface area contributed by atoms with Crippen LogP contribution in [-0.2, 0) is 4.79 Å². The van der Waals surface area contributed by atoms with Crippen molar-refractivity contribution in [2.75, 3.05) is 25.6 Å². The van der Waals surface area contributed by atoms with E-state index < -0.39 is 0 Å². The molecule has 0 saturated heterocycles. The Morgan fingerprint density at radius 2 is 2.21 bits per heavy atom. The quantitative estimate of drug-likeness (QED) is 0.606. The van der Waals surface area contributed by atoms with Crippen LogP contribution in [0, 0.1) is 0 Å². The summed E-state index contributed by atoms with van der Waals surface area (Å²) in [6.07, 6.45) is 0. The third-order valence-corrected chi connectivity index (χ3v) is 2.70. The van der Waals surface area contributed by atoms with Crippen LogP contribution < -0.4 is 5.73 Å². The Hall–Kier alpha value is -1.16. The number of anilines is 1. The molecular formula is C10H14N2OS. The first kappa shape index (κ1) is 10.9. The molecule has 1 amide bonds. The van der Waals surface area contributed by atoms with Crippen molar-refractivity contribution in [1.29, 1.82) is 0 Å². The maximum absolute atomic E-state index is 11.3. The second-order valence-corrected chi connectivity index (χ2v) is 4.20. The summed E-state index contributed by atoms with van der Waals surface area (Å²) in [7, 11) is 3.50. The van der Waals surface area contributed by atoms with Gasteiger partial charge in [0.1, 0.15) is 0 Å². The van der Waals surface area contributed by atoms with E-state index in [4.69, 9.17) is 5.73 Å². The molecule has 0 bridgehead atoms. The summed E-state index contributed by atoms with van der Waals surface area (Å²) in [4.78, 5) is 13.9. The molecule has 0 aliphatic rings. The second kappa shape index (κ2) is 4.91. The maximum atomic E-state index is 11.3. The van der Waals surface area contributed by atoms with Crippen LogP contribution in [0.4, 0.5) is 5.69 Å². The summed E-state index contributed by atoms with van der Waals surface area (Å²) < 4.78 is 0. The van der Waals surface area contributed by atoms with E-state index in [0.29, 0.717) is 5.75 Å². The Labute approximate surface area is 88.3 Å². The molecule has 4 heteroatoms. The van der Waals surface area contributed by atoms with Gasteiger partial charge < -0.3 is 10.6 Å². The van der Waals surface area contributed by atoms with Crippen molar-refractivity contribution in [2.24, 2.45) is 0 Å². The van der Waals surface area contributed by atoms with Crippen LogP contribution in [-0.4, -0.2) is 30.7 Å². The minimum atomic E-state index is 0.109. The molecule has 2 N–H and O–H groups in total. The summed E-state index contributed by atoms with van der Waals surface area (Å²) >= 11 is 1.50. The SMILES string of the molecule is CN(C)C(=O)CSc1cccc(N)c1. The van der Waals surface area contributed by atoms with Gasteiger partial charge in [-0.2, -0.15) is 0 Å². The number of hydrogen-bond donors (Lipinski definition) is 1. The fourth-order valence-corrected chi connectivity index (χ4v) is 1.82. The Bertz CT molecular complexity index is 326. The van der Waals surface area contributed by atoms with Crippen molar-refractivity contribution in [3.63, 3.8) is 0 Å². The topological polar surface area (TPSA) is 46.3 Å². The molecule has 0 saturated carbocycles. The second-order valence-electron chi connectivity index (χ2n) is 3.15. The van der Waals surface area contributed by atoms with Crippen molar-refractivity contribution < 1.29 is 4.79 Å². The van der Waals surface area contributed by atoms with Crippen LogP contribution in [0.1, 0.15) is 0 Å². The van der Waals surface area contributed by atoms with Crippen molar-refractivity contribution in [2.45, 2.75) is 4.90 Å². The smallest absolute Gasteiger partial charge is 0.232 e. The fourth-order valence-electron chi connectivity index (χ4n) is 0.879. The molecule has 0 unspecified atom stereocenters. The first-order chi connectivity index (χ1) is 6.59. The van der Waals surface area contributed by atoms with Crippen LogP contribution >= 0.6 is 11.8 Å². The first-order valence-corrected chi connectivity index (χ1v) is 5.26. The highest BCUT2D eigenvalue weighted by atomic mass is 32.2. The normalized spacial score (nSPS) is 9.86. The minimum Gasteiger partial charge on any atom is -0.399 e. The lowest BCUT2D eigenvalue weighted by Gasteiger charge is -2.09. The lowest BCUT2D eigenvalue weighted by molar-refractivity contribution is -0.125. The summed E-state index contributed by atoms with van der Waals surface area (Å²) in [5.41, 5.74) is 6.35. The number of nitrogen functional groups attached to an aromatic ring is 1. The van der Waals surface area contributed by atoms with E-state index >= 15 is 0 Å². The van der Waals surface area contributed by atoms with Gasteiger partial charge in [0.15, 0.2) is 0 Å². The number of rotatable bonds is 3. The maximum Gasteiger partial charge on any atom is 0.232 e. The molecule has 14 heavy (non-hydrogen) atoms. The Kier molecular flexibility index (Phi) is 3.83. The van der Waals surface area contributed by atoms with Crippen molar-refractivity contribution in [3.8, 4) is 0 Å². The number of thioether (sulfide) groups is 1.